The smallest absolute Gasteiger partial charge is 0.191 e. The summed E-state index contributed by atoms with van der Waals surface area (Å²) in [6.07, 6.45) is 2.89. The fourth-order valence-electron chi connectivity index (χ4n) is 2.72. The summed E-state index contributed by atoms with van der Waals surface area (Å²) in [6, 6.07) is 0. The number of ether oxygens (including phenoxy) is 1. The van der Waals surface area contributed by atoms with Crippen LogP contribution in [0.1, 0.15) is 26.7 Å². The Morgan fingerprint density at radius 3 is 2.60 bits per heavy atom. The second-order valence-corrected chi connectivity index (χ2v) is 5.89. The van der Waals surface area contributed by atoms with Gasteiger partial charge in [-0.05, 0) is 38.8 Å². The van der Waals surface area contributed by atoms with Crippen molar-refractivity contribution < 1.29 is 4.74 Å². The number of morpholine rings is 1. The Bertz CT molecular complexity index is 306. The van der Waals surface area contributed by atoms with E-state index >= 15 is 0 Å². The summed E-state index contributed by atoms with van der Waals surface area (Å²) in [5, 5.41) is 0. The van der Waals surface area contributed by atoms with Crippen LogP contribution in [0.2, 0.25) is 0 Å². The molecule has 2 rings (SSSR count). The molecule has 0 aliphatic carbocycles. The van der Waals surface area contributed by atoms with Crippen LogP contribution in [0.25, 0.3) is 0 Å². The van der Waals surface area contributed by atoms with E-state index in [4.69, 9.17) is 10.5 Å². The summed E-state index contributed by atoms with van der Waals surface area (Å²) < 4.78 is 5.51. The molecule has 0 radical (unpaired) electrons. The lowest BCUT2D eigenvalue weighted by molar-refractivity contribution is 0.00528. The fourth-order valence-corrected chi connectivity index (χ4v) is 2.72. The van der Waals surface area contributed by atoms with Gasteiger partial charge in [0.2, 0.25) is 0 Å². The Balaban J connectivity index is 0.00000200. The summed E-state index contributed by atoms with van der Waals surface area (Å²) in [4.78, 5) is 9.15. The number of halogens is 1. The number of piperidine rings is 1. The summed E-state index contributed by atoms with van der Waals surface area (Å²) in [6.45, 7) is 11.2. The van der Waals surface area contributed by atoms with Gasteiger partial charge < -0.3 is 20.3 Å². The van der Waals surface area contributed by atoms with Crippen molar-refractivity contribution in [3.05, 3.63) is 0 Å². The zero-order valence-electron chi connectivity index (χ0n) is 12.8. The summed E-state index contributed by atoms with van der Waals surface area (Å²) in [7, 11) is 0. The number of guanidine groups is 1. The zero-order chi connectivity index (χ0) is 13.7. The SMILES string of the molecule is CC1CCN(CCN=C(N)N2CCOC(C)C2)CC1.I. The molecule has 2 fully saturated rings. The van der Waals surface area contributed by atoms with Crippen LogP contribution in [0.4, 0.5) is 0 Å². The maximum atomic E-state index is 6.05. The number of rotatable bonds is 3. The van der Waals surface area contributed by atoms with E-state index in [0.717, 1.165) is 38.7 Å². The van der Waals surface area contributed by atoms with E-state index in [1.807, 2.05) is 0 Å². The minimum absolute atomic E-state index is 0. The van der Waals surface area contributed by atoms with Gasteiger partial charge in [-0.25, -0.2) is 0 Å². The summed E-state index contributed by atoms with van der Waals surface area (Å²) in [5.74, 6) is 1.57. The lowest BCUT2D eigenvalue weighted by Gasteiger charge is -2.32. The third kappa shape index (κ3) is 5.73. The van der Waals surface area contributed by atoms with E-state index < -0.39 is 0 Å². The van der Waals surface area contributed by atoms with E-state index in [1.165, 1.54) is 25.9 Å². The molecule has 2 N–H and O–H groups in total. The largest absolute Gasteiger partial charge is 0.375 e. The van der Waals surface area contributed by atoms with Crippen molar-refractivity contribution >= 4 is 29.9 Å². The molecule has 0 aromatic rings. The molecule has 1 unspecified atom stereocenters. The minimum atomic E-state index is 0. The molecule has 6 heteroatoms. The van der Waals surface area contributed by atoms with Gasteiger partial charge in [0.05, 0.1) is 19.3 Å². The molecule has 2 aliphatic rings. The maximum Gasteiger partial charge on any atom is 0.191 e. The van der Waals surface area contributed by atoms with Gasteiger partial charge in [0.1, 0.15) is 0 Å². The first-order valence-electron chi connectivity index (χ1n) is 7.54. The first-order valence-corrected chi connectivity index (χ1v) is 7.54. The lowest BCUT2D eigenvalue weighted by atomic mass is 9.99. The molecule has 20 heavy (non-hydrogen) atoms. The van der Waals surface area contributed by atoms with Crippen molar-refractivity contribution in [2.45, 2.75) is 32.8 Å². The Hall–Kier alpha value is -0.0800. The van der Waals surface area contributed by atoms with Crippen LogP contribution in [0.5, 0.6) is 0 Å². The first kappa shape index (κ1) is 18.0. The second kappa shape index (κ2) is 9.04. The van der Waals surface area contributed by atoms with Crippen LogP contribution >= 0.6 is 24.0 Å². The molecule has 118 valence electrons. The van der Waals surface area contributed by atoms with Gasteiger partial charge >= 0.3 is 0 Å². The Morgan fingerprint density at radius 1 is 1.25 bits per heavy atom. The first-order chi connectivity index (χ1) is 9.15. The second-order valence-electron chi connectivity index (χ2n) is 5.89. The standard InChI is InChI=1S/C14H28N4O.HI/c1-12-3-6-17(7-4-12)8-5-16-14(15)18-9-10-19-13(2)11-18;/h12-13H,3-11H2,1-2H3,(H2,15,16);1H. The zero-order valence-corrected chi connectivity index (χ0v) is 15.1. The molecule has 2 saturated heterocycles. The highest BCUT2D eigenvalue weighted by Gasteiger charge is 2.18. The quantitative estimate of drug-likeness (QED) is 0.445. The van der Waals surface area contributed by atoms with Gasteiger partial charge in [-0.1, -0.05) is 6.92 Å². The van der Waals surface area contributed by atoms with Gasteiger partial charge in [0, 0.05) is 19.6 Å². The highest BCUT2D eigenvalue weighted by molar-refractivity contribution is 14.0. The van der Waals surface area contributed by atoms with E-state index in [2.05, 4.69) is 28.6 Å². The van der Waals surface area contributed by atoms with Crippen molar-refractivity contribution in [1.82, 2.24) is 9.80 Å². The predicted molar refractivity (Wildman–Crippen MR) is 93.7 cm³/mol. The molecule has 0 aromatic carbocycles. The van der Waals surface area contributed by atoms with Gasteiger partial charge in [-0.15, -0.1) is 24.0 Å². The molecular weight excluding hydrogens is 367 g/mol. The molecule has 0 saturated carbocycles. The normalized spacial score (nSPS) is 26.4. The van der Waals surface area contributed by atoms with Crippen molar-refractivity contribution in [1.29, 1.82) is 0 Å². The molecule has 0 bridgehead atoms. The van der Waals surface area contributed by atoms with E-state index in [-0.39, 0.29) is 30.1 Å². The van der Waals surface area contributed by atoms with Crippen molar-refractivity contribution in [3.8, 4) is 0 Å². The third-order valence-electron chi connectivity index (χ3n) is 4.13. The van der Waals surface area contributed by atoms with E-state index in [0.29, 0.717) is 5.96 Å². The molecule has 5 nitrogen and oxygen atoms in total. The van der Waals surface area contributed by atoms with Crippen LogP contribution in [0, 0.1) is 5.92 Å². The predicted octanol–water partition coefficient (Wildman–Crippen LogP) is 1.37. The van der Waals surface area contributed by atoms with Crippen LogP contribution in [0.3, 0.4) is 0 Å². The number of hydrogen-bond donors (Lipinski definition) is 1. The van der Waals surface area contributed by atoms with Crippen molar-refractivity contribution in [3.63, 3.8) is 0 Å². The number of hydrogen-bond acceptors (Lipinski definition) is 3. The van der Waals surface area contributed by atoms with Crippen LogP contribution < -0.4 is 5.73 Å². The average Bonchev–Trinajstić information content (AvgIpc) is 2.41. The number of nitrogens with two attached hydrogens (primary N) is 1. The van der Waals surface area contributed by atoms with E-state index in [1.54, 1.807) is 0 Å². The van der Waals surface area contributed by atoms with E-state index in [9.17, 15) is 0 Å². The van der Waals surface area contributed by atoms with Crippen LogP contribution in [-0.2, 0) is 4.74 Å². The van der Waals surface area contributed by atoms with Crippen LogP contribution in [-0.4, -0.2) is 67.7 Å². The van der Waals surface area contributed by atoms with Crippen molar-refractivity contribution in [2.24, 2.45) is 16.6 Å². The third-order valence-corrected chi connectivity index (χ3v) is 4.13. The number of aliphatic imine (C=N–C) groups is 1. The maximum absolute atomic E-state index is 6.05. The Kier molecular flexibility index (Phi) is 8.13. The average molecular weight is 396 g/mol. The molecule has 0 amide bonds. The molecular formula is C14H29IN4O. The molecule has 0 spiro atoms. The molecule has 1 atom stereocenters. The fraction of sp³-hybridized carbons (Fsp3) is 0.929. The summed E-state index contributed by atoms with van der Waals surface area (Å²) in [5.41, 5.74) is 6.05. The minimum Gasteiger partial charge on any atom is -0.375 e. The van der Waals surface area contributed by atoms with Gasteiger partial charge in [-0.3, -0.25) is 4.99 Å². The summed E-state index contributed by atoms with van der Waals surface area (Å²) >= 11 is 0. The molecule has 2 heterocycles. The monoisotopic (exact) mass is 396 g/mol. The Labute approximate surface area is 139 Å². The van der Waals surface area contributed by atoms with Crippen molar-refractivity contribution in [2.75, 3.05) is 45.9 Å². The van der Waals surface area contributed by atoms with Gasteiger partial charge in [0.15, 0.2) is 5.96 Å². The molecule has 0 aromatic heterocycles. The molecule has 2 aliphatic heterocycles. The van der Waals surface area contributed by atoms with Gasteiger partial charge in [0.25, 0.3) is 0 Å². The highest BCUT2D eigenvalue weighted by atomic mass is 127. The van der Waals surface area contributed by atoms with Crippen LogP contribution in [0.15, 0.2) is 4.99 Å². The Morgan fingerprint density at radius 2 is 1.95 bits per heavy atom. The number of likely N-dealkylation sites (tertiary alicyclic amines) is 1. The lowest BCUT2D eigenvalue weighted by Crippen LogP contribution is -2.48. The highest BCUT2D eigenvalue weighted by Crippen LogP contribution is 2.15. The topological polar surface area (TPSA) is 54.1 Å². The van der Waals surface area contributed by atoms with Gasteiger partial charge in [-0.2, -0.15) is 0 Å². The number of nitrogens with zero attached hydrogens (tertiary/aromatic N) is 3.